The second-order valence-corrected chi connectivity index (χ2v) is 9.68. The second kappa shape index (κ2) is 16.3. The smallest absolute Gasteiger partial charge is 0.326 e. The van der Waals surface area contributed by atoms with Crippen LogP contribution >= 0.6 is 0 Å². The molecule has 1 aliphatic heterocycles. The third-order valence-corrected chi connectivity index (χ3v) is 6.60. The van der Waals surface area contributed by atoms with Crippen molar-refractivity contribution < 1.29 is 24.3 Å². The normalized spacial score (nSPS) is 17.1. The largest absolute Gasteiger partial charge is 0.480 e. The molecule has 1 saturated heterocycles. The van der Waals surface area contributed by atoms with Gasteiger partial charge in [0.25, 0.3) is 0 Å². The highest BCUT2D eigenvalue weighted by molar-refractivity contribution is 5.94. The van der Waals surface area contributed by atoms with Gasteiger partial charge in [-0.25, -0.2) is 4.79 Å². The van der Waals surface area contributed by atoms with Crippen LogP contribution in [0.25, 0.3) is 0 Å². The molecule has 0 spiro atoms. The van der Waals surface area contributed by atoms with Gasteiger partial charge in [0.1, 0.15) is 18.1 Å². The first kappa shape index (κ1) is 31.5. The Morgan fingerprint density at radius 3 is 2.31 bits per heavy atom. The molecule has 0 radical (unpaired) electrons. The maximum atomic E-state index is 13.4. The van der Waals surface area contributed by atoms with E-state index in [-0.39, 0.29) is 31.8 Å². The first-order valence-electron chi connectivity index (χ1n) is 13.3. The van der Waals surface area contributed by atoms with E-state index in [4.69, 9.17) is 22.9 Å². The van der Waals surface area contributed by atoms with Crippen molar-refractivity contribution in [1.29, 1.82) is 0 Å². The number of guanidine groups is 1. The molecule has 1 aromatic carbocycles. The Morgan fingerprint density at radius 1 is 1.00 bits per heavy atom. The van der Waals surface area contributed by atoms with Crippen molar-refractivity contribution in [2.75, 3.05) is 19.6 Å². The van der Waals surface area contributed by atoms with Crippen LogP contribution in [0.4, 0.5) is 0 Å². The number of nitrogens with zero attached hydrogens (tertiary/aromatic N) is 2. The van der Waals surface area contributed by atoms with Crippen LogP contribution in [0.15, 0.2) is 35.3 Å². The summed E-state index contributed by atoms with van der Waals surface area (Å²) in [4.78, 5) is 56.5. The van der Waals surface area contributed by atoms with E-state index in [9.17, 15) is 24.3 Å². The number of amides is 3. The Hall–Kier alpha value is -3.71. The number of carboxylic acid groups (broad SMARTS) is 1. The summed E-state index contributed by atoms with van der Waals surface area (Å²) in [5.74, 6) is -2.72. The Kier molecular flexibility index (Phi) is 13.2. The Balaban J connectivity index is 2.15. The maximum absolute atomic E-state index is 13.4. The van der Waals surface area contributed by atoms with Crippen LogP contribution in [-0.4, -0.2) is 83.5 Å². The van der Waals surface area contributed by atoms with Crippen LogP contribution in [0.2, 0.25) is 0 Å². The summed E-state index contributed by atoms with van der Waals surface area (Å²) in [6.45, 7) is 0.955. The van der Waals surface area contributed by atoms with Crippen molar-refractivity contribution in [3.05, 3.63) is 35.9 Å². The first-order valence-corrected chi connectivity index (χ1v) is 13.3. The molecule has 3 amide bonds. The molecule has 1 fully saturated rings. The molecule has 216 valence electrons. The number of hydrogen-bond acceptors (Lipinski definition) is 7. The van der Waals surface area contributed by atoms with E-state index < -0.39 is 47.9 Å². The van der Waals surface area contributed by atoms with Crippen molar-refractivity contribution in [2.24, 2.45) is 27.9 Å². The van der Waals surface area contributed by atoms with Gasteiger partial charge < -0.3 is 43.6 Å². The molecule has 1 aliphatic rings. The zero-order chi connectivity index (χ0) is 28.8. The number of rotatable bonds is 16. The second-order valence-electron chi connectivity index (χ2n) is 9.68. The fraction of sp³-hybridized carbons (Fsp3) is 0.577. The number of carbonyl (C=O) groups is 4. The lowest BCUT2D eigenvalue weighted by atomic mass is 10.0. The molecule has 13 heteroatoms. The predicted molar refractivity (Wildman–Crippen MR) is 147 cm³/mol. The van der Waals surface area contributed by atoms with Crippen LogP contribution in [0.5, 0.6) is 0 Å². The SMILES string of the molecule is NCCCCC(NC(=O)C(CCCN=C(N)N)NC(=O)C(N)Cc1ccccc1)C(=O)N1CCCC1C(=O)O. The lowest BCUT2D eigenvalue weighted by molar-refractivity contribution is -0.149. The highest BCUT2D eigenvalue weighted by Gasteiger charge is 2.38. The van der Waals surface area contributed by atoms with Gasteiger partial charge in [-0.1, -0.05) is 30.3 Å². The molecule has 0 bridgehead atoms. The van der Waals surface area contributed by atoms with E-state index in [0.717, 1.165) is 5.56 Å². The average Bonchev–Trinajstić information content (AvgIpc) is 3.40. The Labute approximate surface area is 228 Å². The molecule has 39 heavy (non-hydrogen) atoms. The lowest BCUT2D eigenvalue weighted by Crippen LogP contribution is -2.57. The summed E-state index contributed by atoms with van der Waals surface area (Å²) in [6, 6.07) is 5.46. The Morgan fingerprint density at radius 2 is 1.67 bits per heavy atom. The van der Waals surface area contributed by atoms with Crippen molar-refractivity contribution in [1.82, 2.24) is 15.5 Å². The molecular weight excluding hydrogens is 504 g/mol. The first-order chi connectivity index (χ1) is 18.6. The van der Waals surface area contributed by atoms with Gasteiger partial charge >= 0.3 is 5.97 Å². The zero-order valence-electron chi connectivity index (χ0n) is 22.3. The standard InChI is InChI=1S/C26H42N8O5/c27-13-5-4-10-20(24(37)34-15-7-12-21(34)25(38)39)33-23(36)19(11-6-14-31-26(29)30)32-22(35)18(28)16-17-8-2-1-3-9-17/h1-3,8-9,18-21H,4-7,10-16,27-28H2,(H,32,35)(H,33,36)(H,38,39)(H4,29,30,31). The molecule has 1 aromatic rings. The van der Waals surface area contributed by atoms with E-state index in [1.54, 1.807) is 0 Å². The highest BCUT2D eigenvalue weighted by Crippen LogP contribution is 2.20. The van der Waals surface area contributed by atoms with E-state index in [1.807, 2.05) is 30.3 Å². The van der Waals surface area contributed by atoms with Crippen LogP contribution in [0.1, 0.15) is 50.5 Å². The molecule has 2 rings (SSSR count). The molecule has 11 N–H and O–H groups in total. The average molecular weight is 547 g/mol. The van der Waals surface area contributed by atoms with Gasteiger partial charge in [0.2, 0.25) is 17.7 Å². The van der Waals surface area contributed by atoms with Gasteiger partial charge in [0.05, 0.1) is 6.04 Å². The number of nitrogens with two attached hydrogens (primary N) is 4. The predicted octanol–water partition coefficient (Wildman–Crippen LogP) is -1.22. The summed E-state index contributed by atoms with van der Waals surface area (Å²) in [5.41, 5.74) is 23.4. The molecular formula is C26H42N8O5. The van der Waals surface area contributed by atoms with Gasteiger partial charge in [0.15, 0.2) is 5.96 Å². The van der Waals surface area contributed by atoms with Crippen LogP contribution in [0.3, 0.4) is 0 Å². The molecule has 4 unspecified atom stereocenters. The third-order valence-electron chi connectivity index (χ3n) is 6.60. The fourth-order valence-corrected chi connectivity index (χ4v) is 4.52. The van der Waals surface area contributed by atoms with Gasteiger partial charge in [0, 0.05) is 13.1 Å². The van der Waals surface area contributed by atoms with Gasteiger partial charge in [-0.3, -0.25) is 19.4 Å². The number of aliphatic imine (C=N–C) groups is 1. The van der Waals surface area contributed by atoms with Crippen LogP contribution in [0, 0.1) is 0 Å². The number of aliphatic carboxylic acids is 1. The minimum Gasteiger partial charge on any atom is -0.480 e. The number of benzene rings is 1. The van der Waals surface area contributed by atoms with E-state index in [0.29, 0.717) is 45.2 Å². The molecule has 0 saturated carbocycles. The summed E-state index contributed by atoms with van der Waals surface area (Å²) >= 11 is 0. The van der Waals surface area contributed by atoms with Crippen molar-refractivity contribution in [3.8, 4) is 0 Å². The number of hydrogen-bond donors (Lipinski definition) is 7. The van der Waals surface area contributed by atoms with Gasteiger partial charge in [-0.2, -0.15) is 0 Å². The summed E-state index contributed by atoms with van der Waals surface area (Å²) in [5, 5.41) is 15.0. The minimum atomic E-state index is -1.08. The highest BCUT2D eigenvalue weighted by atomic mass is 16.4. The van der Waals surface area contributed by atoms with Crippen molar-refractivity contribution in [3.63, 3.8) is 0 Å². The number of unbranched alkanes of at least 4 members (excludes halogenated alkanes) is 1. The zero-order valence-corrected chi connectivity index (χ0v) is 22.3. The van der Waals surface area contributed by atoms with E-state index in [1.165, 1.54) is 4.90 Å². The summed E-state index contributed by atoms with van der Waals surface area (Å²) in [7, 11) is 0. The van der Waals surface area contributed by atoms with E-state index in [2.05, 4.69) is 15.6 Å². The van der Waals surface area contributed by atoms with E-state index >= 15 is 0 Å². The van der Waals surface area contributed by atoms with Crippen molar-refractivity contribution >= 4 is 29.7 Å². The topological polar surface area (TPSA) is 232 Å². The van der Waals surface area contributed by atoms with Crippen LogP contribution in [-0.2, 0) is 25.6 Å². The molecule has 1 heterocycles. The third kappa shape index (κ3) is 10.5. The molecule has 0 aliphatic carbocycles. The molecule has 4 atom stereocenters. The molecule has 13 nitrogen and oxygen atoms in total. The quantitative estimate of drug-likeness (QED) is 0.0747. The number of carboxylic acids is 1. The van der Waals surface area contributed by atoms with Crippen LogP contribution < -0.4 is 33.6 Å². The maximum Gasteiger partial charge on any atom is 0.326 e. The monoisotopic (exact) mass is 546 g/mol. The van der Waals surface area contributed by atoms with Gasteiger partial charge in [-0.15, -0.1) is 0 Å². The van der Waals surface area contributed by atoms with Gasteiger partial charge in [-0.05, 0) is 63.5 Å². The molecule has 0 aromatic heterocycles. The number of carbonyl (C=O) groups excluding carboxylic acids is 3. The minimum absolute atomic E-state index is 0.0888. The Bertz CT molecular complexity index is 986. The lowest BCUT2D eigenvalue weighted by Gasteiger charge is -2.29. The number of likely N-dealkylation sites (tertiary alicyclic amines) is 1. The van der Waals surface area contributed by atoms with Crippen molar-refractivity contribution in [2.45, 2.75) is 75.5 Å². The fourth-order valence-electron chi connectivity index (χ4n) is 4.52. The number of nitrogens with one attached hydrogen (secondary N) is 2. The summed E-state index contributed by atoms with van der Waals surface area (Å²) < 4.78 is 0. The summed E-state index contributed by atoms with van der Waals surface area (Å²) in [6.07, 6.45) is 3.24.